The number of aliphatic hydroxyl groups excluding tert-OH is 1. The van der Waals surface area contributed by atoms with Crippen LogP contribution in [0.3, 0.4) is 0 Å². The molecule has 0 spiro atoms. The van der Waals surface area contributed by atoms with E-state index in [1.807, 2.05) is 6.92 Å². The molecule has 1 N–H and O–H groups in total. The Bertz CT molecular complexity index is 1290. The lowest BCUT2D eigenvalue weighted by Crippen LogP contribution is -2.29. The van der Waals surface area contributed by atoms with Gasteiger partial charge in [0.1, 0.15) is 17.3 Å². The third-order valence-corrected chi connectivity index (χ3v) is 6.05. The quantitative estimate of drug-likeness (QED) is 0.255. The normalized spacial score (nSPS) is 17.2. The number of carbonyl (C=O) groups is 2. The van der Waals surface area contributed by atoms with Crippen LogP contribution in [0, 0.1) is 0 Å². The highest BCUT2D eigenvalue weighted by atomic mass is 35.5. The summed E-state index contributed by atoms with van der Waals surface area (Å²) < 4.78 is 10.8. The summed E-state index contributed by atoms with van der Waals surface area (Å²) >= 11 is 12.4. The molecule has 1 amide bonds. The number of hydrogen-bond donors (Lipinski definition) is 1. The maximum absolute atomic E-state index is 13.3. The standard InChI is InChI=1S/C26H21Cl2NO5/c1-3-34-19-6-4-5-17(13-19)29-23(15-7-9-16(27)10-8-15)22(25(31)26(29)32)24(30)20-14-18(33-2)11-12-21(20)28/h4-14,23,30H,3H2,1-2H3/b24-22+. The summed E-state index contributed by atoms with van der Waals surface area (Å²) in [5.74, 6) is -1.03. The first-order valence-electron chi connectivity index (χ1n) is 10.5. The van der Waals surface area contributed by atoms with Crippen molar-refractivity contribution >= 4 is 46.3 Å². The van der Waals surface area contributed by atoms with Crippen molar-refractivity contribution in [2.24, 2.45) is 0 Å². The number of benzene rings is 3. The van der Waals surface area contributed by atoms with Gasteiger partial charge in [0.2, 0.25) is 0 Å². The fourth-order valence-electron chi connectivity index (χ4n) is 3.91. The fraction of sp³-hybridized carbons (Fsp3) is 0.154. The minimum atomic E-state index is -0.920. The van der Waals surface area contributed by atoms with Crippen molar-refractivity contribution in [3.63, 3.8) is 0 Å². The smallest absolute Gasteiger partial charge is 0.300 e. The zero-order chi connectivity index (χ0) is 24.4. The van der Waals surface area contributed by atoms with Gasteiger partial charge in [-0.3, -0.25) is 14.5 Å². The third kappa shape index (κ3) is 4.34. The summed E-state index contributed by atoms with van der Waals surface area (Å²) in [6.45, 7) is 2.29. The number of ketones is 1. The Hall–Kier alpha value is -3.48. The van der Waals surface area contributed by atoms with Crippen molar-refractivity contribution in [2.45, 2.75) is 13.0 Å². The lowest BCUT2D eigenvalue weighted by molar-refractivity contribution is -0.132. The number of methoxy groups -OCH3 is 1. The molecule has 0 radical (unpaired) electrons. The molecule has 1 unspecified atom stereocenters. The molecule has 1 aliphatic heterocycles. The van der Waals surface area contributed by atoms with Crippen LogP contribution in [0.1, 0.15) is 24.1 Å². The van der Waals surface area contributed by atoms with Gasteiger partial charge in [-0.1, -0.05) is 41.4 Å². The average molecular weight is 498 g/mol. The summed E-state index contributed by atoms with van der Waals surface area (Å²) in [5.41, 5.74) is 1.13. The topological polar surface area (TPSA) is 76.1 Å². The van der Waals surface area contributed by atoms with E-state index < -0.39 is 23.5 Å². The number of Topliss-reactive ketones (excluding diaryl/α,β-unsaturated/α-hetero) is 1. The molecule has 8 heteroatoms. The Kier molecular flexibility index (Phi) is 6.82. The summed E-state index contributed by atoms with van der Waals surface area (Å²) in [6.07, 6.45) is 0. The van der Waals surface area contributed by atoms with Crippen molar-refractivity contribution < 1.29 is 24.2 Å². The summed E-state index contributed by atoms with van der Waals surface area (Å²) in [6, 6.07) is 17.4. The minimum absolute atomic E-state index is 0.0933. The Labute approximate surface area is 206 Å². The third-order valence-electron chi connectivity index (χ3n) is 5.47. The van der Waals surface area contributed by atoms with Gasteiger partial charge in [-0.15, -0.1) is 0 Å². The Morgan fingerprint density at radius 2 is 1.74 bits per heavy atom. The van der Waals surface area contributed by atoms with Crippen LogP contribution in [0.2, 0.25) is 10.0 Å². The zero-order valence-corrected chi connectivity index (χ0v) is 19.9. The van der Waals surface area contributed by atoms with Crippen LogP contribution in [0.4, 0.5) is 5.69 Å². The van der Waals surface area contributed by atoms with Crippen molar-refractivity contribution in [2.75, 3.05) is 18.6 Å². The maximum atomic E-state index is 13.3. The van der Waals surface area contributed by atoms with Crippen LogP contribution in [-0.4, -0.2) is 30.5 Å². The van der Waals surface area contributed by atoms with Crippen LogP contribution in [0.15, 0.2) is 72.3 Å². The second kappa shape index (κ2) is 9.79. The molecule has 34 heavy (non-hydrogen) atoms. The second-order valence-corrected chi connectivity index (χ2v) is 8.34. The van der Waals surface area contributed by atoms with Gasteiger partial charge >= 0.3 is 0 Å². The van der Waals surface area contributed by atoms with Crippen LogP contribution < -0.4 is 14.4 Å². The largest absolute Gasteiger partial charge is 0.507 e. The molecular formula is C26H21Cl2NO5. The summed E-state index contributed by atoms with van der Waals surface area (Å²) in [5, 5.41) is 12.0. The Morgan fingerprint density at radius 1 is 1.00 bits per heavy atom. The molecule has 0 bridgehead atoms. The van der Waals surface area contributed by atoms with Crippen LogP contribution >= 0.6 is 23.2 Å². The Balaban J connectivity index is 1.95. The van der Waals surface area contributed by atoms with Crippen LogP contribution in [0.25, 0.3) is 5.76 Å². The first-order valence-corrected chi connectivity index (χ1v) is 11.2. The highest BCUT2D eigenvalue weighted by molar-refractivity contribution is 6.52. The molecular weight excluding hydrogens is 477 g/mol. The van der Waals surface area contributed by atoms with E-state index in [0.29, 0.717) is 34.4 Å². The van der Waals surface area contributed by atoms with Crippen molar-refractivity contribution in [1.29, 1.82) is 0 Å². The van der Waals surface area contributed by atoms with E-state index in [1.54, 1.807) is 60.7 Å². The van der Waals surface area contributed by atoms with Gasteiger partial charge in [-0.05, 0) is 55.0 Å². The van der Waals surface area contributed by atoms with Gasteiger partial charge < -0.3 is 14.6 Å². The van der Waals surface area contributed by atoms with Crippen LogP contribution in [0.5, 0.6) is 11.5 Å². The molecule has 174 valence electrons. The zero-order valence-electron chi connectivity index (χ0n) is 18.4. The van der Waals surface area contributed by atoms with Gasteiger partial charge in [-0.25, -0.2) is 0 Å². The molecule has 3 aromatic carbocycles. The number of aliphatic hydroxyl groups is 1. The first-order chi connectivity index (χ1) is 16.3. The number of hydrogen-bond acceptors (Lipinski definition) is 5. The maximum Gasteiger partial charge on any atom is 0.300 e. The molecule has 1 aliphatic rings. The lowest BCUT2D eigenvalue weighted by atomic mass is 9.95. The molecule has 0 saturated carbocycles. The predicted octanol–water partition coefficient (Wildman–Crippen LogP) is 6.03. The van der Waals surface area contributed by atoms with E-state index in [2.05, 4.69) is 0 Å². The van der Waals surface area contributed by atoms with Crippen molar-refractivity contribution in [1.82, 2.24) is 0 Å². The van der Waals surface area contributed by atoms with Gasteiger partial charge in [0, 0.05) is 22.3 Å². The van der Waals surface area contributed by atoms with E-state index in [0.717, 1.165) is 0 Å². The van der Waals surface area contributed by atoms with Crippen LogP contribution in [-0.2, 0) is 9.59 Å². The Morgan fingerprint density at radius 3 is 2.41 bits per heavy atom. The van der Waals surface area contributed by atoms with E-state index in [9.17, 15) is 14.7 Å². The number of nitrogens with zero attached hydrogens (tertiary/aromatic N) is 1. The molecule has 4 rings (SSSR count). The van der Waals surface area contributed by atoms with E-state index in [1.165, 1.54) is 18.1 Å². The lowest BCUT2D eigenvalue weighted by Gasteiger charge is -2.26. The van der Waals surface area contributed by atoms with E-state index >= 15 is 0 Å². The number of carbonyl (C=O) groups excluding carboxylic acids is 2. The van der Waals surface area contributed by atoms with Gasteiger partial charge in [0.25, 0.3) is 11.7 Å². The molecule has 6 nitrogen and oxygen atoms in total. The van der Waals surface area contributed by atoms with E-state index in [-0.39, 0.29) is 16.2 Å². The number of amides is 1. The molecule has 3 aromatic rings. The van der Waals surface area contributed by atoms with Gasteiger partial charge in [0.05, 0.1) is 30.4 Å². The molecule has 1 atom stereocenters. The highest BCUT2D eigenvalue weighted by Crippen LogP contribution is 2.44. The van der Waals surface area contributed by atoms with Crippen molar-refractivity contribution in [3.05, 3.63) is 93.5 Å². The fourth-order valence-corrected chi connectivity index (χ4v) is 4.24. The number of anilines is 1. The number of ether oxygens (including phenoxy) is 2. The van der Waals surface area contributed by atoms with Gasteiger partial charge in [-0.2, -0.15) is 0 Å². The predicted molar refractivity (Wildman–Crippen MR) is 132 cm³/mol. The van der Waals surface area contributed by atoms with Crippen molar-refractivity contribution in [3.8, 4) is 11.5 Å². The highest BCUT2D eigenvalue weighted by Gasteiger charge is 2.47. The monoisotopic (exact) mass is 497 g/mol. The number of rotatable bonds is 6. The summed E-state index contributed by atoms with van der Waals surface area (Å²) in [4.78, 5) is 27.9. The second-order valence-electron chi connectivity index (χ2n) is 7.50. The molecule has 1 heterocycles. The molecule has 1 fully saturated rings. The molecule has 0 aromatic heterocycles. The van der Waals surface area contributed by atoms with E-state index in [4.69, 9.17) is 32.7 Å². The average Bonchev–Trinajstić information content (AvgIpc) is 3.10. The van der Waals surface area contributed by atoms with Gasteiger partial charge in [0.15, 0.2) is 0 Å². The molecule has 0 aliphatic carbocycles. The SMILES string of the molecule is CCOc1cccc(N2C(=O)C(=O)/C(=C(/O)c3cc(OC)ccc3Cl)C2c2ccc(Cl)cc2)c1. The summed E-state index contributed by atoms with van der Waals surface area (Å²) in [7, 11) is 1.48. The number of halogens is 2. The first kappa shape index (κ1) is 23.7. The minimum Gasteiger partial charge on any atom is -0.507 e. The molecule has 1 saturated heterocycles.